The minimum atomic E-state index is -0.142. The van der Waals surface area contributed by atoms with E-state index in [1.807, 2.05) is 58.9 Å². The molecule has 0 N–H and O–H groups in total. The van der Waals surface area contributed by atoms with E-state index in [1.165, 1.54) is 0 Å². The topological polar surface area (TPSA) is 59.6 Å². The van der Waals surface area contributed by atoms with Gasteiger partial charge >= 0.3 is 0 Å². The molecule has 1 aliphatic heterocycles. The van der Waals surface area contributed by atoms with Gasteiger partial charge < -0.3 is 9.47 Å². The summed E-state index contributed by atoms with van der Waals surface area (Å²) in [6.07, 6.45) is 4.96. The van der Waals surface area contributed by atoms with E-state index in [2.05, 4.69) is 6.92 Å². The first-order chi connectivity index (χ1) is 15.0. The lowest BCUT2D eigenvalue weighted by molar-refractivity contribution is 0.0625. The number of carbonyl (C=O) groups is 1. The number of benzene rings is 1. The van der Waals surface area contributed by atoms with Crippen LogP contribution in [0, 0.1) is 6.92 Å². The van der Waals surface area contributed by atoms with E-state index in [4.69, 9.17) is 4.98 Å². The van der Waals surface area contributed by atoms with E-state index in [-0.39, 0.29) is 17.5 Å². The lowest BCUT2D eigenvalue weighted by atomic mass is 10.0. The van der Waals surface area contributed by atoms with Crippen LogP contribution in [0.4, 0.5) is 0 Å². The van der Waals surface area contributed by atoms with E-state index in [0.717, 1.165) is 36.9 Å². The Hall–Kier alpha value is -3.41. The molecule has 4 aromatic rings. The lowest BCUT2D eigenvalue weighted by Gasteiger charge is -2.33. The third kappa shape index (κ3) is 3.42. The second-order valence-electron chi connectivity index (χ2n) is 8.53. The minimum absolute atomic E-state index is 0.0224. The van der Waals surface area contributed by atoms with Crippen molar-refractivity contribution in [1.29, 1.82) is 0 Å². The van der Waals surface area contributed by atoms with Crippen molar-refractivity contribution in [3.05, 3.63) is 81.9 Å². The van der Waals surface area contributed by atoms with Crippen LogP contribution in [0.15, 0.2) is 59.5 Å². The summed E-state index contributed by atoms with van der Waals surface area (Å²) >= 11 is 0. The first-order valence-electron chi connectivity index (χ1n) is 10.9. The summed E-state index contributed by atoms with van der Waals surface area (Å²) in [6, 6.07) is 15.7. The van der Waals surface area contributed by atoms with E-state index in [1.54, 1.807) is 16.7 Å². The summed E-state index contributed by atoms with van der Waals surface area (Å²) in [7, 11) is 0. The molecule has 31 heavy (non-hydrogen) atoms. The quantitative estimate of drug-likeness (QED) is 0.509. The van der Waals surface area contributed by atoms with Gasteiger partial charge in [-0.25, -0.2) is 4.98 Å². The van der Waals surface area contributed by atoms with E-state index in [0.29, 0.717) is 28.9 Å². The fourth-order valence-electron chi connectivity index (χ4n) is 4.56. The van der Waals surface area contributed by atoms with Crippen LogP contribution >= 0.6 is 0 Å². The van der Waals surface area contributed by atoms with E-state index >= 15 is 0 Å². The number of rotatable bonds is 3. The van der Waals surface area contributed by atoms with Crippen LogP contribution in [0.3, 0.4) is 0 Å². The first-order valence-corrected chi connectivity index (χ1v) is 10.9. The second-order valence-corrected chi connectivity index (χ2v) is 8.53. The third-order valence-corrected chi connectivity index (χ3v) is 6.28. The number of piperidine rings is 1. The first kappa shape index (κ1) is 19.5. The summed E-state index contributed by atoms with van der Waals surface area (Å²) in [5.41, 5.74) is 3.58. The third-order valence-electron chi connectivity index (χ3n) is 6.28. The molecule has 0 bridgehead atoms. The highest BCUT2D eigenvalue weighted by atomic mass is 16.2. The van der Waals surface area contributed by atoms with Crippen LogP contribution in [-0.2, 0) is 6.54 Å². The number of likely N-dealkylation sites (tertiary alicyclic amines) is 1. The Labute approximate surface area is 180 Å². The molecule has 0 spiro atoms. The normalized spacial score (nSPS) is 16.8. The Morgan fingerprint density at radius 2 is 1.94 bits per heavy atom. The van der Waals surface area contributed by atoms with Crippen molar-refractivity contribution < 1.29 is 4.79 Å². The predicted molar refractivity (Wildman–Crippen MR) is 122 cm³/mol. The van der Waals surface area contributed by atoms with Crippen LogP contribution in [0.25, 0.3) is 16.7 Å². The number of aromatic nitrogens is 3. The molecule has 1 amide bonds. The number of amides is 1. The summed E-state index contributed by atoms with van der Waals surface area (Å²) < 4.78 is 3.48. The van der Waals surface area contributed by atoms with Gasteiger partial charge in [0.15, 0.2) is 0 Å². The van der Waals surface area contributed by atoms with Gasteiger partial charge in [-0.1, -0.05) is 36.4 Å². The molecule has 6 heteroatoms. The number of pyridine rings is 1. The number of carbonyl (C=O) groups excluding carboxylic acids is 1. The molecule has 1 fully saturated rings. The number of fused-ring (bicyclic) bond motifs is 2. The fraction of sp³-hybridized carbons (Fsp3) is 0.320. The van der Waals surface area contributed by atoms with Crippen molar-refractivity contribution in [2.75, 3.05) is 6.54 Å². The minimum Gasteiger partial charge on any atom is -0.335 e. The number of aryl methyl sites for hydroxylation is 1. The van der Waals surface area contributed by atoms with Crippen molar-refractivity contribution in [3.8, 4) is 0 Å². The Morgan fingerprint density at radius 3 is 2.71 bits per heavy atom. The maximum absolute atomic E-state index is 13.6. The van der Waals surface area contributed by atoms with Crippen LogP contribution in [0.2, 0.25) is 0 Å². The van der Waals surface area contributed by atoms with Crippen molar-refractivity contribution >= 4 is 22.6 Å². The predicted octanol–water partition coefficient (Wildman–Crippen LogP) is 4.02. The lowest BCUT2D eigenvalue weighted by Crippen LogP contribution is -2.42. The molecule has 0 unspecified atom stereocenters. The zero-order valence-electron chi connectivity index (χ0n) is 17.9. The standard InChI is InChI=1S/C25H26N4O2/c1-17-11-12-22-26-23-20(24(30)29(22)15-17)14-21(25(31)27-13-7-6-8-18(27)2)28(23)16-19-9-4-3-5-10-19/h3-5,9-12,14-15,18H,6-8,13,16H2,1-2H3/t18-/m1/s1. The second kappa shape index (κ2) is 7.69. The van der Waals surface area contributed by atoms with Gasteiger partial charge in [-0.15, -0.1) is 0 Å². The molecule has 0 saturated carbocycles. The molecule has 1 atom stereocenters. The van der Waals surface area contributed by atoms with Gasteiger partial charge in [0.25, 0.3) is 11.5 Å². The van der Waals surface area contributed by atoms with Crippen molar-refractivity contribution in [2.45, 2.75) is 45.7 Å². The smallest absolute Gasteiger partial charge is 0.270 e. The Balaban J connectivity index is 1.73. The highest BCUT2D eigenvalue weighted by Crippen LogP contribution is 2.24. The molecule has 6 nitrogen and oxygen atoms in total. The molecule has 0 aliphatic carbocycles. The molecule has 1 aliphatic rings. The molecule has 1 aromatic carbocycles. The van der Waals surface area contributed by atoms with Gasteiger partial charge in [0.1, 0.15) is 17.0 Å². The summed E-state index contributed by atoms with van der Waals surface area (Å²) in [6.45, 7) is 5.29. The average molecular weight is 415 g/mol. The van der Waals surface area contributed by atoms with Crippen molar-refractivity contribution in [3.63, 3.8) is 0 Å². The van der Waals surface area contributed by atoms with Gasteiger partial charge in [-0.05, 0) is 56.4 Å². The van der Waals surface area contributed by atoms with E-state index in [9.17, 15) is 9.59 Å². The summed E-state index contributed by atoms with van der Waals surface area (Å²) in [4.78, 5) is 33.7. The molecule has 5 rings (SSSR count). The van der Waals surface area contributed by atoms with Gasteiger partial charge in [0, 0.05) is 25.3 Å². The zero-order valence-corrected chi connectivity index (χ0v) is 17.9. The molecule has 1 saturated heterocycles. The Bertz CT molecular complexity index is 1340. The van der Waals surface area contributed by atoms with Gasteiger partial charge in [0.2, 0.25) is 0 Å². The number of hydrogen-bond acceptors (Lipinski definition) is 3. The highest BCUT2D eigenvalue weighted by Gasteiger charge is 2.28. The SMILES string of the molecule is Cc1ccc2nc3c(cc(C(=O)N4CCCC[C@H]4C)n3Cc3ccccc3)c(=O)n2c1. The maximum atomic E-state index is 13.6. The van der Waals surface area contributed by atoms with Crippen LogP contribution in [0.5, 0.6) is 0 Å². The zero-order chi connectivity index (χ0) is 21.5. The van der Waals surface area contributed by atoms with Gasteiger partial charge in [-0.3, -0.25) is 14.0 Å². The fourth-order valence-corrected chi connectivity index (χ4v) is 4.56. The molecular weight excluding hydrogens is 388 g/mol. The average Bonchev–Trinajstić information content (AvgIpc) is 3.13. The largest absolute Gasteiger partial charge is 0.335 e. The number of nitrogens with zero attached hydrogens (tertiary/aromatic N) is 4. The summed E-state index contributed by atoms with van der Waals surface area (Å²) in [5, 5.41) is 0.479. The van der Waals surface area contributed by atoms with Gasteiger partial charge in [0.05, 0.1) is 5.39 Å². The van der Waals surface area contributed by atoms with Crippen LogP contribution in [-0.4, -0.2) is 37.3 Å². The number of hydrogen-bond donors (Lipinski definition) is 0. The van der Waals surface area contributed by atoms with Gasteiger partial charge in [-0.2, -0.15) is 0 Å². The maximum Gasteiger partial charge on any atom is 0.270 e. The highest BCUT2D eigenvalue weighted by molar-refractivity contribution is 5.98. The monoisotopic (exact) mass is 414 g/mol. The van der Waals surface area contributed by atoms with Crippen molar-refractivity contribution in [2.24, 2.45) is 0 Å². The molecule has 4 heterocycles. The van der Waals surface area contributed by atoms with Crippen LogP contribution in [0.1, 0.15) is 47.8 Å². The molecule has 158 valence electrons. The molecular formula is C25H26N4O2. The molecule has 0 radical (unpaired) electrons. The Morgan fingerprint density at radius 1 is 1.13 bits per heavy atom. The Kier molecular flexibility index (Phi) is 4.85. The molecule has 3 aromatic heterocycles. The summed E-state index contributed by atoms with van der Waals surface area (Å²) in [5.74, 6) is -0.0224. The van der Waals surface area contributed by atoms with E-state index < -0.39 is 0 Å². The van der Waals surface area contributed by atoms with Crippen LogP contribution < -0.4 is 5.56 Å². The van der Waals surface area contributed by atoms with Crippen molar-refractivity contribution in [1.82, 2.24) is 18.9 Å².